The van der Waals surface area contributed by atoms with Gasteiger partial charge < -0.3 is 19.9 Å². The van der Waals surface area contributed by atoms with E-state index in [9.17, 15) is 4.79 Å². The Hall–Kier alpha value is -2.45. The van der Waals surface area contributed by atoms with Gasteiger partial charge in [0.15, 0.2) is 5.96 Å². The zero-order valence-corrected chi connectivity index (χ0v) is 19.0. The molecule has 1 fully saturated rings. The number of hydrogen-bond donors (Lipinski definition) is 1. The Kier molecular flexibility index (Phi) is 7.81. The topological polar surface area (TPSA) is 70.1 Å². The lowest BCUT2D eigenvalue weighted by Gasteiger charge is -2.21. The van der Waals surface area contributed by atoms with E-state index >= 15 is 0 Å². The van der Waals surface area contributed by atoms with E-state index < -0.39 is 0 Å². The molecule has 162 valence electrons. The summed E-state index contributed by atoms with van der Waals surface area (Å²) >= 11 is 1.62. The Labute approximate surface area is 182 Å². The molecule has 7 nitrogen and oxygen atoms in total. The van der Waals surface area contributed by atoms with E-state index in [0.717, 1.165) is 35.2 Å². The van der Waals surface area contributed by atoms with Crippen molar-refractivity contribution in [3.8, 4) is 0 Å². The molecule has 1 N–H and O–H groups in total. The largest absolute Gasteiger partial charge is 0.375 e. The van der Waals surface area contributed by atoms with E-state index in [2.05, 4.69) is 43.8 Å². The van der Waals surface area contributed by atoms with Crippen LogP contribution in [0.2, 0.25) is 0 Å². The molecule has 1 amide bonds. The molecule has 0 saturated carbocycles. The van der Waals surface area contributed by atoms with Crippen molar-refractivity contribution in [1.29, 1.82) is 0 Å². The molecule has 8 heteroatoms. The first-order valence-corrected chi connectivity index (χ1v) is 11.1. The fourth-order valence-electron chi connectivity index (χ4n) is 3.50. The van der Waals surface area contributed by atoms with Crippen LogP contribution in [-0.2, 0) is 29.2 Å². The Bertz CT molecular complexity index is 882. The molecule has 1 aromatic heterocycles. The highest BCUT2D eigenvalue weighted by atomic mass is 32.1. The molecule has 30 heavy (non-hydrogen) atoms. The van der Waals surface area contributed by atoms with Gasteiger partial charge in [0.2, 0.25) is 5.91 Å². The first-order chi connectivity index (χ1) is 14.5. The Morgan fingerprint density at radius 1 is 1.43 bits per heavy atom. The molecule has 1 aromatic carbocycles. The van der Waals surface area contributed by atoms with Crippen molar-refractivity contribution >= 4 is 23.2 Å². The Balaban J connectivity index is 1.55. The van der Waals surface area contributed by atoms with Crippen LogP contribution in [0.4, 0.5) is 0 Å². The SMILES string of the molecule is CN=C(NCc1cccc(CN2CCCC2=O)c1)N(C)Cc1csc(C(C)OC)n1. The van der Waals surface area contributed by atoms with Crippen LogP contribution in [0, 0.1) is 0 Å². The number of aromatic nitrogens is 1. The molecule has 0 bridgehead atoms. The zero-order chi connectivity index (χ0) is 21.5. The van der Waals surface area contributed by atoms with Crippen molar-refractivity contribution in [3.63, 3.8) is 0 Å². The number of thiazole rings is 1. The van der Waals surface area contributed by atoms with Gasteiger partial charge in [-0.1, -0.05) is 24.3 Å². The summed E-state index contributed by atoms with van der Waals surface area (Å²) in [6.45, 7) is 4.89. The average Bonchev–Trinajstić information content (AvgIpc) is 3.37. The van der Waals surface area contributed by atoms with E-state index in [0.29, 0.717) is 26.1 Å². The van der Waals surface area contributed by atoms with Gasteiger partial charge in [0, 0.05) is 52.6 Å². The number of likely N-dealkylation sites (tertiary alicyclic amines) is 1. The summed E-state index contributed by atoms with van der Waals surface area (Å²) in [7, 11) is 5.48. The highest BCUT2D eigenvalue weighted by Gasteiger charge is 2.20. The lowest BCUT2D eigenvalue weighted by atomic mass is 10.1. The van der Waals surface area contributed by atoms with Gasteiger partial charge in [-0.2, -0.15) is 0 Å². The minimum atomic E-state index is 0.00891. The van der Waals surface area contributed by atoms with Crippen molar-refractivity contribution in [2.75, 3.05) is 27.7 Å². The third kappa shape index (κ3) is 5.79. The number of nitrogens with one attached hydrogen (secondary N) is 1. The predicted octanol–water partition coefficient (Wildman–Crippen LogP) is 3.18. The van der Waals surface area contributed by atoms with Crippen LogP contribution in [0.25, 0.3) is 0 Å². The van der Waals surface area contributed by atoms with Crippen molar-refractivity contribution in [1.82, 2.24) is 20.1 Å². The number of amides is 1. The van der Waals surface area contributed by atoms with Gasteiger partial charge in [-0.25, -0.2) is 4.98 Å². The minimum absolute atomic E-state index is 0.00891. The number of guanidine groups is 1. The molecular weight excluding hydrogens is 398 g/mol. The first kappa shape index (κ1) is 22.2. The molecule has 2 heterocycles. The molecule has 3 rings (SSSR count). The zero-order valence-electron chi connectivity index (χ0n) is 18.2. The molecule has 2 aromatic rings. The normalized spacial score (nSPS) is 15.5. The maximum Gasteiger partial charge on any atom is 0.222 e. The van der Waals surface area contributed by atoms with Gasteiger partial charge >= 0.3 is 0 Å². The van der Waals surface area contributed by atoms with E-state index in [1.807, 2.05) is 24.9 Å². The third-order valence-electron chi connectivity index (χ3n) is 5.23. The second-order valence-electron chi connectivity index (χ2n) is 7.55. The number of nitrogens with zero attached hydrogens (tertiary/aromatic N) is 4. The number of carbonyl (C=O) groups excluding carboxylic acids is 1. The van der Waals surface area contributed by atoms with Crippen LogP contribution in [0.1, 0.15) is 47.7 Å². The van der Waals surface area contributed by atoms with Gasteiger partial charge in [-0.3, -0.25) is 9.79 Å². The van der Waals surface area contributed by atoms with Crippen LogP contribution < -0.4 is 5.32 Å². The number of ether oxygens (including phenoxy) is 1. The Morgan fingerprint density at radius 3 is 2.93 bits per heavy atom. The van der Waals surface area contributed by atoms with Crippen LogP contribution in [0.3, 0.4) is 0 Å². The first-order valence-electron chi connectivity index (χ1n) is 10.2. The van der Waals surface area contributed by atoms with Gasteiger partial charge in [-0.05, 0) is 24.5 Å². The second-order valence-corrected chi connectivity index (χ2v) is 8.44. The number of carbonyl (C=O) groups is 1. The molecule has 0 spiro atoms. The standard InChI is InChI=1S/C22H31N5O2S/c1-16(29-4)21-25-19(15-30-21)14-26(3)22(23-2)24-12-17-7-5-8-18(11-17)13-27-10-6-9-20(27)28/h5,7-8,11,15-16H,6,9-10,12-14H2,1-4H3,(H,23,24). The van der Waals surface area contributed by atoms with E-state index in [-0.39, 0.29) is 12.0 Å². The van der Waals surface area contributed by atoms with Crippen LogP contribution >= 0.6 is 11.3 Å². The molecule has 1 unspecified atom stereocenters. The van der Waals surface area contributed by atoms with Crippen molar-refractivity contribution < 1.29 is 9.53 Å². The molecule has 1 aliphatic rings. The van der Waals surface area contributed by atoms with Gasteiger partial charge in [0.05, 0.1) is 12.2 Å². The maximum atomic E-state index is 11.9. The average molecular weight is 430 g/mol. The lowest BCUT2D eigenvalue weighted by molar-refractivity contribution is -0.128. The molecule has 1 aliphatic heterocycles. The van der Waals surface area contributed by atoms with Crippen molar-refractivity contribution in [3.05, 3.63) is 51.5 Å². The molecule has 1 saturated heterocycles. The van der Waals surface area contributed by atoms with Gasteiger partial charge in [-0.15, -0.1) is 11.3 Å². The number of methoxy groups -OCH3 is 1. The Morgan fingerprint density at radius 2 is 2.23 bits per heavy atom. The quantitative estimate of drug-likeness (QED) is 0.516. The van der Waals surface area contributed by atoms with Crippen molar-refractivity contribution in [2.24, 2.45) is 4.99 Å². The molecule has 0 aliphatic carbocycles. The van der Waals surface area contributed by atoms with E-state index in [1.54, 1.807) is 25.5 Å². The third-order valence-corrected chi connectivity index (χ3v) is 6.28. The number of aliphatic imine (C=N–C) groups is 1. The monoisotopic (exact) mass is 429 g/mol. The summed E-state index contributed by atoms with van der Waals surface area (Å²) in [5.41, 5.74) is 3.33. The van der Waals surface area contributed by atoms with Crippen LogP contribution in [-0.4, -0.2) is 54.4 Å². The molecule has 1 atom stereocenters. The summed E-state index contributed by atoms with van der Waals surface area (Å²) < 4.78 is 5.34. The van der Waals surface area contributed by atoms with Gasteiger partial charge in [0.1, 0.15) is 11.1 Å². The van der Waals surface area contributed by atoms with E-state index in [4.69, 9.17) is 4.74 Å². The number of hydrogen-bond acceptors (Lipinski definition) is 5. The summed E-state index contributed by atoms with van der Waals surface area (Å²) in [6, 6.07) is 8.38. The number of rotatable bonds is 8. The summed E-state index contributed by atoms with van der Waals surface area (Å²) in [6.07, 6.45) is 1.65. The smallest absolute Gasteiger partial charge is 0.222 e. The lowest BCUT2D eigenvalue weighted by Crippen LogP contribution is -2.38. The van der Waals surface area contributed by atoms with E-state index in [1.165, 1.54) is 5.56 Å². The summed E-state index contributed by atoms with van der Waals surface area (Å²) in [4.78, 5) is 24.9. The minimum Gasteiger partial charge on any atom is -0.375 e. The molecule has 0 radical (unpaired) electrons. The number of benzene rings is 1. The molecular formula is C22H31N5O2S. The highest BCUT2D eigenvalue weighted by Crippen LogP contribution is 2.21. The van der Waals surface area contributed by atoms with Crippen LogP contribution in [0.5, 0.6) is 0 Å². The second kappa shape index (κ2) is 10.5. The summed E-state index contributed by atoms with van der Waals surface area (Å²) in [5.74, 6) is 1.06. The predicted molar refractivity (Wildman–Crippen MR) is 120 cm³/mol. The fourth-order valence-corrected chi connectivity index (χ4v) is 4.34. The summed E-state index contributed by atoms with van der Waals surface area (Å²) in [5, 5.41) is 6.47. The maximum absolute atomic E-state index is 11.9. The van der Waals surface area contributed by atoms with Crippen molar-refractivity contribution in [2.45, 2.75) is 45.5 Å². The van der Waals surface area contributed by atoms with Crippen LogP contribution in [0.15, 0.2) is 34.6 Å². The van der Waals surface area contributed by atoms with Gasteiger partial charge in [0.25, 0.3) is 0 Å². The fraction of sp³-hybridized carbons (Fsp3) is 0.500. The highest BCUT2D eigenvalue weighted by molar-refractivity contribution is 7.09.